The summed E-state index contributed by atoms with van der Waals surface area (Å²) in [7, 11) is 0. The van der Waals surface area contributed by atoms with E-state index in [2.05, 4.69) is 14.9 Å². The van der Waals surface area contributed by atoms with Gasteiger partial charge in [-0.1, -0.05) is 17.7 Å². The normalized spacial score (nSPS) is 17.3. The molecule has 3 aromatic heterocycles. The van der Waals surface area contributed by atoms with Gasteiger partial charge in [0.05, 0.1) is 25.6 Å². The monoisotopic (exact) mass is 603 g/mol. The molecule has 10 nitrogen and oxygen atoms in total. The molecule has 220 valence electrons. The van der Waals surface area contributed by atoms with Gasteiger partial charge in [-0.15, -0.1) is 0 Å². The molecule has 5 heterocycles. The highest BCUT2D eigenvalue weighted by atomic mass is 35.5. The van der Waals surface area contributed by atoms with E-state index in [1.807, 2.05) is 22.8 Å². The van der Waals surface area contributed by atoms with Crippen LogP contribution in [0, 0.1) is 5.82 Å². The third kappa shape index (κ3) is 5.83. The fourth-order valence-corrected chi connectivity index (χ4v) is 5.47. The topological polar surface area (TPSA) is 116 Å². The van der Waals surface area contributed by atoms with Gasteiger partial charge >= 0.3 is 5.97 Å². The number of hydrogen-bond donors (Lipinski definition) is 1. The lowest BCUT2D eigenvalue weighted by molar-refractivity contribution is -0.0592. The van der Waals surface area contributed by atoms with Crippen LogP contribution in [0.3, 0.4) is 0 Å². The molecule has 5 aromatic rings. The van der Waals surface area contributed by atoms with Crippen molar-refractivity contribution in [3.63, 3.8) is 0 Å². The quantitative estimate of drug-likeness (QED) is 0.229. The number of imidazole rings is 1. The molecule has 1 unspecified atom stereocenters. The van der Waals surface area contributed by atoms with Gasteiger partial charge in [-0.05, 0) is 54.5 Å². The van der Waals surface area contributed by atoms with Crippen molar-refractivity contribution in [1.82, 2.24) is 24.4 Å². The zero-order chi connectivity index (χ0) is 29.5. The van der Waals surface area contributed by atoms with Gasteiger partial charge in [0.1, 0.15) is 34.2 Å². The van der Waals surface area contributed by atoms with Crippen molar-refractivity contribution < 1.29 is 28.2 Å². The molecule has 0 aliphatic carbocycles. The average molecular weight is 604 g/mol. The Balaban J connectivity index is 1.03. The molecule has 2 aliphatic heterocycles. The molecule has 0 spiro atoms. The van der Waals surface area contributed by atoms with Gasteiger partial charge in [0.25, 0.3) is 0 Å². The molecule has 2 aliphatic rings. The van der Waals surface area contributed by atoms with E-state index in [0.29, 0.717) is 70.5 Å². The van der Waals surface area contributed by atoms with Crippen LogP contribution in [-0.2, 0) is 24.2 Å². The van der Waals surface area contributed by atoms with Gasteiger partial charge in [-0.3, -0.25) is 4.90 Å². The number of carboxylic acid groups (broad SMARTS) is 1. The summed E-state index contributed by atoms with van der Waals surface area (Å²) >= 11 is 5.86. The Morgan fingerprint density at radius 3 is 2.72 bits per heavy atom. The van der Waals surface area contributed by atoms with E-state index >= 15 is 0 Å². The number of carboxylic acids is 1. The predicted molar refractivity (Wildman–Crippen MR) is 156 cm³/mol. The van der Waals surface area contributed by atoms with E-state index in [1.165, 1.54) is 12.1 Å². The number of oxazole rings is 1. The second kappa shape index (κ2) is 11.4. The second-order valence-electron chi connectivity index (χ2n) is 10.7. The van der Waals surface area contributed by atoms with Crippen LogP contribution in [0.5, 0.6) is 5.75 Å². The summed E-state index contributed by atoms with van der Waals surface area (Å²) in [6.07, 6.45) is 3.98. The first-order chi connectivity index (χ1) is 20.9. The number of rotatable bonds is 9. The van der Waals surface area contributed by atoms with Gasteiger partial charge in [0.15, 0.2) is 22.8 Å². The molecule has 1 saturated heterocycles. The molecular formula is C31H27ClFN5O5. The highest BCUT2D eigenvalue weighted by Crippen LogP contribution is 2.27. The highest BCUT2D eigenvalue weighted by molar-refractivity contribution is 6.30. The van der Waals surface area contributed by atoms with E-state index < -0.39 is 11.8 Å². The standard InChI is InChI=1S/C31H27ClFN5O5/c32-19-2-1-18(23(33)14-19)13-29-35-24-4-3-21(15-27(24)43-29)42-20-7-10-37(11-8-20)17-28-34-25-5-6-26(31(39)40)36-30(25)38(28)16-22-9-12-41-22/h1-7,14-15,22H,8-13,16-17H2,(H,39,40). The van der Waals surface area contributed by atoms with Gasteiger partial charge in [0, 0.05) is 37.2 Å². The Hall–Kier alpha value is -4.32. The first-order valence-electron chi connectivity index (χ1n) is 14.0. The Morgan fingerprint density at radius 2 is 1.98 bits per heavy atom. The van der Waals surface area contributed by atoms with E-state index in [1.54, 1.807) is 24.3 Å². The number of halogens is 2. The van der Waals surface area contributed by atoms with E-state index in [0.717, 1.165) is 31.2 Å². The third-order valence-electron chi connectivity index (χ3n) is 7.70. The summed E-state index contributed by atoms with van der Waals surface area (Å²) in [6.45, 7) is 3.31. The van der Waals surface area contributed by atoms with Crippen LogP contribution in [-0.4, -0.2) is 61.3 Å². The minimum absolute atomic E-state index is 0.00683. The van der Waals surface area contributed by atoms with Crippen LogP contribution in [0.15, 0.2) is 64.8 Å². The molecule has 7 rings (SSSR count). The van der Waals surface area contributed by atoms with Crippen molar-refractivity contribution in [2.24, 2.45) is 0 Å². The van der Waals surface area contributed by atoms with Crippen LogP contribution >= 0.6 is 11.6 Å². The molecule has 2 aromatic carbocycles. The lowest BCUT2D eigenvalue weighted by Crippen LogP contribution is -2.34. The Kier molecular flexibility index (Phi) is 7.29. The molecule has 0 bridgehead atoms. The number of aromatic carboxylic acids is 1. The largest absolute Gasteiger partial charge is 0.477 e. The van der Waals surface area contributed by atoms with Crippen molar-refractivity contribution in [2.75, 3.05) is 19.7 Å². The van der Waals surface area contributed by atoms with E-state index in [9.17, 15) is 14.3 Å². The Morgan fingerprint density at radius 1 is 1.12 bits per heavy atom. The minimum Gasteiger partial charge on any atom is -0.477 e. The Bertz CT molecular complexity index is 1880. The number of benzene rings is 2. The summed E-state index contributed by atoms with van der Waals surface area (Å²) in [5.74, 6) is 1.25. The zero-order valence-electron chi connectivity index (χ0n) is 23.0. The number of ether oxygens (including phenoxy) is 2. The van der Waals surface area contributed by atoms with Gasteiger partial charge in [0.2, 0.25) is 0 Å². The van der Waals surface area contributed by atoms with Crippen LogP contribution in [0.4, 0.5) is 4.39 Å². The summed E-state index contributed by atoms with van der Waals surface area (Å²) in [5, 5.41) is 9.77. The van der Waals surface area contributed by atoms with Crippen molar-refractivity contribution in [3.05, 3.63) is 94.2 Å². The highest BCUT2D eigenvalue weighted by Gasteiger charge is 2.25. The molecule has 43 heavy (non-hydrogen) atoms. The summed E-state index contributed by atoms with van der Waals surface area (Å²) in [6, 6.07) is 13.2. The lowest BCUT2D eigenvalue weighted by atomic mass is 10.1. The van der Waals surface area contributed by atoms with Crippen molar-refractivity contribution in [3.8, 4) is 5.75 Å². The predicted octanol–water partition coefficient (Wildman–Crippen LogP) is 5.61. The molecule has 0 saturated carbocycles. The number of hydrogen-bond acceptors (Lipinski definition) is 8. The lowest BCUT2D eigenvalue weighted by Gasteiger charge is -2.29. The van der Waals surface area contributed by atoms with Gasteiger partial charge in [-0.25, -0.2) is 24.1 Å². The maximum absolute atomic E-state index is 14.2. The summed E-state index contributed by atoms with van der Waals surface area (Å²) in [4.78, 5) is 27.4. The Labute approximate surface area is 250 Å². The molecule has 1 fully saturated rings. The van der Waals surface area contributed by atoms with Crippen molar-refractivity contribution >= 4 is 39.8 Å². The third-order valence-corrected chi connectivity index (χ3v) is 7.93. The number of pyridine rings is 1. The maximum Gasteiger partial charge on any atom is 0.354 e. The molecule has 12 heteroatoms. The van der Waals surface area contributed by atoms with Crippen molar-refractivity contribution in [2.45, 2.75) is 38.5 Å². The summed E-state index contributed by atoms with van der Waals surface area (Å²) in [5.41, 5.74) is 2.91. The number of aromatic nitrogens is 4. The van der Waals surface area contributed by atoms with Crippen LogP contribution in [0.2, 0.25) is 5.02 Å². The molecule has 1 N–H and O–H groups in total. The first-order valence-corrected chi connectivity index (χ1v) is 14.4. The van der Waals surface area contributed by atoms with E-state index in [4.69, 9.17) is 30.5 Å². The number of fused-ring (bicyclic) bond motifs is 2. The molecular weight excluding hydrogens is 577 g/mol. The fourth-order valence-electron chi connectivity index (χ4n) is 5.31. The van der Waals surface area contributed by atoms with Crippen molar-refractivity contribution in [1.29, 1.82) is 0 Å². The second-order valence-corrected chi connectivity index (χ2v) is 11.1. The first kappa shape index (κ1) is 27.5. The molecule has 1 atom stereocenters. The van der Waals surface area contributed by atoms with Crippen LogP contribution < -0.4 is 4.74 Å². The number of carbonyl (C=O) groups is 1. The smallest absolute Gasteiger partial charge is 0.354 e. The zero-order valence-corrected chi connectivity index (χ0v) is 23.8. The number of nitrogens with zero attached hydrogens (tertiary/aromatic N) is 5. The van der Waals surface area contributed by atoms with Crippen LogP contribution in [0.1, 0.15) is 40.6 Å². The van der Waals surface area contributed by atoms with E-state index in [-0.39, 0.29) is 18.2 Å². The SMILES string of the molecule is O=C(O)c1ccc2nc(CN3CC=C(Oc4ccc5nc(Cc6ccc(Cl)cc6F)oc5c4)CC3)n(CC3CCO3)c2n1. The minimum atomic E-state index is -1.07. The average Bonchev–Trinajstić information content (AvgIpc) is 3.52. The summed E-state index contributed by atoms with van der Waals surface area (Å²) < 4.78 is 33.9. The maximum atomic E-state index is 14.2. The molecule has 0 amide bonds. The van der Waals surface area contributed by atoms with Gasteiger partial charge in [-0.2, -0.15) is 0 Å². The molecule has 0 radical (unpaired) electrons. The van der Waals surface area contributed by atoms with Crippen LogP contribution in [0.25, 0.3) is 22.3 Å². The fraction of sp³-hybridized carbons (Fsp3) is 0.290. The van der Waals surface area contributed by atoms with Gasteiger partial charge < -0.3 is 23.6 Å².